The summed E-state index contributed by atoms with van der Waals surface area (Å²) in [5.41, 5.74) is 0.816. The number of nitrogens with one attached hydrogen (secondary N) is 1. The van der Waals surface area contributed by atoms with E-state index in [-0.39, 0.29) is 40.2 Å². The first-order chi connectivity index (χ1) is 14.0. The third-order valence-electron chi connectivity index (χ3n) is 5.40. The molecule has 7 nitrogen and oxygen atoms in total. The summed E-state index contributed by atoms with van der Waals surface area (Å²) >= 11 is 2.91. The van der Waals surface area contributed by atoms with Crippen LogP contribution >= 0.6 is 23.1 Å². The lowest BCUT2D eigenvalue weighted by Gasteiger charge is -2.32. The Morgan fingerprint density at radius 3 is 2.63 bits per heavy atom. The Balaban J connectivity index is 1.72. The summed E-state index contributed by atoms with van der Waals surface area (Å²) in [6.45, 7) is 10.3. The molecule has 0 aliphatic carbocycles. The Labute approximate surface area is 185 Å². The van der Waals surface area contributed by atoms with E-state index in [0.29, 0.717) is 29.9 Å². The molecule has 0 spiro atoms. The summed E-state index contributed by atoms with van der Waals surface area (Å²) in [4.78, 5) is 36.6. The summed E-state index contributed by atoms with van der Waals surface area (Å²) in [5, 5.41) is 0.279. The highest BCUT2D eigenvalue weighted by molar-refractivity contribution is 7.99. The Kier molecular flexibility index (Phi) is 6.98. The van der Waals surface area contributed by atoms with E-state index in [2.05, 4.69) is 9.97 Å². The average molecular weight is 472 g/mol. The zero-order valence-electron chi connectivity index (χ0n) is 18.0. The first-order valence-electron chi connectivity index (χ1n) is 10.1. The Morgan fingerprint density at radius 2 is 2.03 bits per heavy atom. The zero-order valence-corrected chi connectivity index (χ0v) is 20.5. The molecule has 1 fully saturated rings. The molecule has 166 valence electrons. The van der Waals surface area contributed by atoms with Crippen molar-refractivity contribution in [3.8, 4) is 0 Å². The fourth-order valence-corrected chi connectivity index (χ4v) is 7.31. The van der Waals surface area contributed by atoms with Gasteiger partial charge in [-0.25, -0.2) is 13.4 Å². The highest BCUT2D eigenvalue weighted by Gasteiger charge is 2.36. The molecule has 1 amide bonds. The van der Waals surface area contributed by atoms with Gasteiger partial charge in [-0.15, -0.1) is 23.1 Å². The van der Waals surface area contributed by atoms with Crippen molar-refractivity contribution < 1.29 is 13.2 Å². The summed E-state index contributed by atoms with van der Waals surface area (Å²) in [7, 11) is -3.07. The first kappa shape index (κ1) is 23.3. The van der Waals surface area contributed by atoms with Crippen molar-refractivity contribution in [3.05, 3.63) is 26.6 Å². The second-order valence-corrected chi connectivity index (χ2v) is 13.1. The van der Waals surface area contributed by atoms with Crippen LogP contribution in [0.1, 0.15) is 43.5 Å². The van der Waals surface area contributed by atoms with E-state index < -0.39 is 9.84 Å². The van der Waals surface area contributed by atoms with Gasteiger partial charge in [0.15, 0.2) is 9.84 Å². The number of carbonyl (C=O) groups is 1. The maximum absolute atomic E-state index is 13.1. The van der Waals surface area contributed by atoms with Crippen molar-refractivity contribution >= 4 is 49.1 Å². The molecule has 1 aliphatic rings. The Hall–Kier alpha value is -1.39. The van der Waals surface area contributed by atoms with Crippen molar-refractivity contribution in [2.75, 3.05) is 18.1 Å². The maximum Gasteiger partial charge on any atom is 0.259 e. The van der Waals surface area contributed by atoms with Gasteiger partial charge in [-0.2, -0.15) is 0 Å². The van der Waals surface area contributed by atoms with Crippen LogP contribution in [0.15, 0.2) is 4.79 Å². The normalized spacial score (nSPS) is 19.5. The van der Waals surface area contributed by atoms with Gasteiger partial charge >= 0.3 is 0 Å². The zero-order chi connectivity index (χ0) is 22.2. The number of hydrogen-bond acceptors (Lipinski definition) is 7. The second-order valence-electron chi connectivity index (χ2n) is 8.37. The molecule has 1 aliphatic heterocycles. The molecule has 3 rings (SSSR count). The number of aromatic amines is 1. The highest BCUT2D eigenvalue weighted by Crippen LogP contribution is 2.27. The van der Waals surface area contributed by atoms with Crippen molar-refractivity contribution in [1.82, 2.24) is 14.9 Å². The van der Waals surface area contributed by atoms with Crippen LogP contribution in [0.4, 0.5) is 0 Å². The molecule has 0 bridgehead atoms. The molecule has 30 heavy (non-hydrogen) atoms. The van der Waals surface area contributed by atoms with E-state index in [1.165, 1.54) is 23.1 Å². The van der Waals surface area contributed by atoms with Crippen LogP contribution in [-0.4, -0.2) is 58.5 Å². The molecule has 2 aromatic rings. The Morgan fingerprint density at radius 1 is 1.33 bits per heavy atom. The predicted octanol–water partition coefficient (Wildman–Crippen LogP) is 2.89. The number of thioether (sulfide) groups is 1. The van der Waals surface area contributed by atoms with E-state index in [1.807, 2.05) is 34.6 Å². The van der Waals surface area contributed by atoms with Gasteiger partial charge in [-0.3, -0.25) is 9.59 Å². The predicted molar refractivity (Wildman–Crippen MR) is 124 cm³/mol. The fourth-order valence-electron chi connectivity index (χ4n) is 3.71. The van der Waals surface area contributed by atoms with Crippen molar-refractivity contribution in [2.45, 2.75) is 58.1 Å². The minimum Gasteiger partial charge on any atom is -0.337 e. The molecule has 3 heterocycles. The summed E-state index contributed by atoms with van der Waals surface area (Å²) in [6.07, 6.45) is 0.501. The quantitative estimate of drug-likeness (QED) is 0.666. The fraction of sp³-hybridized carbons (Fsp3) is 0.650. The SMILES string of the molecule is Cc1sc2nc(CS[C@H](C)C(=O)N(CC(C)C)[C@@H]3CCS(=O)(=O)C3)[nH]c(=O)c2c1C. The summed E-state index contributed by atoms with van der Waals surface area (Å²) in [6, 6.07) is -0.251. The van der Waals surface area contributed by atoms with Crippen LogP contribution in [0.3, 0.4) is 0 Å². The van der Waals surface area contributed by atoms with E-state index in [0.717, 1.165) is 15.3 Å². The van der Waals surface area contributed by atoms with Gasteiger partial charge in [-0.05, 0) is 38.7 Å². The number of carbonyl (C=O) groups excluding carboxylic acids is 1. The van der Waals surface area contributed by atoms with Crippen LogP contribution in [0, 0.1) is 19.8 Å². The Bertz CT molecular complexity index is 1100. The smallest absolute Gasteiger partial charge is 0.259 e. The molecule has 0 aromatic carbocycles. The number of rotatable bonds is 7. The maximum atomic E-state index is 13.1. The van der Waals surface area contributed by atoms with E-state index >= 15 is 0 Å². The van der Waals surface area contributed by atoms with Gasteiger partial charge in [-0.1, -0.05) is 13.8 Å². The van der Waals surface area contributed by atoms with Crippen LogP contribution in [0.5, 0.6) is 0 Å². The van der Waals surface area contributed by atoms with Crippen LogP contribution in [0.2, 0.25) is 0 Å². The van der Waals surface area contributed by atoms with Gasteiger partial charge in [0, 0.05) is 17.5 Å². The van der Waals surface area contributed by atoms with Crippen LogP contribution in [-0.2, 0) is 20.4 Å². The van der Waals surface area contributed by atoms with Gasteiger partial charge < -0.3 is 9.88 Å². The number of amides is 1. The minimum atomic E-state index is -3.07. The number of fused-ring (bicyclic) bond motifs is 1. The number of sulfone groups is 1. The average Bonchev–Trinajstić information content (AvgIpc) is 3.15. The van der Waals surface area contributed by atoms with Gasteiger partial charge in [0.2, 0.25) is 5.91 Å². The molecule has 2 aromatic heterocycles. The number of thiophene rings is 1. The second kappa shape index (κ2) is 9.00. The summed E-state index contributed by atoms with van der Waals surface area (Å²) in [5.74, 6) is 1.35. The standard InChI is InChI=1S/C20H29N3O4S3/c1-11(2)8-23(15-6-7-30(26,27)10-15)20(25)14(5)28-9-16-21-18(24)17-12(3)13(4)29-19(17)22-16/h11,14-15H,6-10H2,1-5H3,(H,21,22,24)/t14-,15-/m1/s1. The monoisotopic (exact) mass is 471 g/mol. The van der Waals surface area contributed by atoms with E-state index in [4.69, 9.17) is 0 Å². The number of aromatic nitrogens is 2. The molecule has 10 heteroatoms. The molecule has 1 saturated heterocycles. The van der Waals surface area contributed by atoms with Crippen molar-refractivity contribution in [3.63, 3.8) is 0 Å². The van der Waals surface area contributed by atoms with Crippen molar-refractivity contribution in [1.29, 1.82) is 0 Å². The third-order valence-corrected chi connectivity index (χ3v) is 9.39. The molecule has 1 N–H and O–H groups in total. The summed E-state index contributed by atoms with van der Waals surface area (Å²) < 4.78 is 23.8. The van der Waals surface area contributed by atoms with E-state index in [1.54, 1.807) is 4.90 Å². The van der Waals surface area contributed by atoms with Crippen molar-refractivity contribution in [2.24, 2.45) is 5.92 Å². The lowest BCUT2D eigenvalue weighted by molar-refractivity contribution is -0.132. The molecule has 0 unspecified atom stereocenters. The lowest BCUT2D eigenvalue weighted by atomic mass is 10.1. The molecular formula is C20H29N3O4S3. The topological polar surface area (TPSA) is 100 Å². The van der Waals surface area contributed by atoms with Gasteiger partial charge in [0.1, 0.15) is 10.7 Å². The number of hydrogen-bond donors (Lipinski definition) is 1. The largest absolute Gasteiger partial charge is 0.337 e. The number of aryl methyl sites for hydroxylation is 2. The molecule has 2 atom stereocenters. The molecular weight excluding hydrogens is 442 g/mol. The van der Waals surface area contributed by atoms with E-state index in [9.17, 15) is 18.0 Å². The minimum absolute atomic E-state index is 0.0471. The van der Waals surface area contributed by atoms with Gasteiger partial charge in [0.05, 0.1) is 27.9 Å². The third kappa shape index (κ3) is 5.08. The van der Waals surface area contributed by atoms with Crippen LogP contribution in [0.25, 0.3) is 10.2 Å². The molecule has 0 saturated carbocycles. The molecule has 0 radical (unpaired) electrons. The van der Waals surface area contributed by atoms with Gasteiger partial charge in [0.25, 0.3) is 5.56 Å². The first-order valence-corrected chi connectivity index (χ1v) is 13.8. The number of H-pyrrole nitrogens is 1. The lowest BCUT2D eigenvalue weighted by Crippen LogP contribution is -2.46. The highest BCUT2D eigenvalue weighted by atomic mass is 32.2. The number of nitrogens with zero attached hydrogens (tertiary/aromatic N) is 2. The van der Waals surface area contributed by atoms with Crippen LogP contribution < -0.4 is 5.56 Å².